The molecule has 0 unspecified atom stereocenters. The van der Waals surface area contributed by atoms with Gasteiger partial charge in [0.15, 0.2) is 9.84 Å². The molecular formula is C13H17NO3S. The highest BCUT2D eigenvalue weighted by Gasteiger charge is 2.45. The second kappa shape index (κ2) is 3.88. The van der Waals surface area contributed by atoms with Crippen molar-refractivity contribution in [2.24, 2.45) is 5.41 Å². The van der Waals surface area contributed by atoms with E-state index in [-0.39, 0.29) is 16.9 Å². The Morgan fingerprint density at radius 1 is 1.39 bits per heavy atom. The molecule has 5 heteroatoms. The summed E-state index contributed by atoms with van der Waals surface area (Å²) in [4.78, 5) is 0. The van der Waals surface area contributed by atoms with Crippen molar-refractivity contribution in [3.05, 3.63) is 23.8 Å². The van der Waals surface area contributed by atoms with E-state index >= 15 is 0 Å². The molecule has 4 nitrogen and oxygen atoms in total. The molecular weight excluding hydrogens is 250 g/mol. The molecule has 98 valence electrons. The Morgan fingerprint density at radius 2 is 2.17 bits per heavy atom. The van der Waals surface area contributed by atoms with Crippen LogP contribution >= 0.6 is 0 Å². The van der Waals surface area contributed by atoms with E-state index in [2.05, 4.69) is 11.4 Å². The summed E-state index contributed by atoms with van der Waals surface area (Å²) in [5.74, 6) is 1.29. The SMILES string of the molecule is CC1(COc2ccc3c(c2)NCC3)CS(=O)(=O)C1. The first-order valence-electron chi connectivity index (χ1n) is 6.16. The van der Waals surface area contributed by atoms with E-state index in [0.29, 0.717) is 6.61 Å². The predicted molar refractivity (Wildman–Crippen MR) is 70.9 cm³/mol. The average molecular weight is 267 g/mol. The van der Waals surface area contributed by atoms with Crippen molar-refractivity contribution in [3.63, 3.8) is 0 Å². The fourth-order valence-corrected chi connectivity index (χ4v) is 4.93. The van der Waals surface area contributed by atoms with Crippen molar-refractivity contribution in [3.8, 4) is 5.75 Å². The second-order valence-corrected chi connectivity index (χ2v) is 7.69. The Hall–Kier alpha value is -1.23. The van der Waals surface area contributed by atoms with Crippen LogP contribution in [0.3, 0.4) is 0 Å². The van der Waals surface area contributed by atoms with Gasteiger partial charge in [-0.3, -0.25) is 0 Å². The Labute approximate surface area is 107 Å². The molecule has 1 fully saturated rings. The number of benzene rings is 1. The van der Waals surface area contributed by atoms with E-state index in [4.69, 9.17) is 4.74 Å². The van der Waals surface area contributed by atoms with E-state index < -0.39 is 9.84 Å². The lowest BCUT2D eigenvalue weighted by atomic mass is 9.96. The van der Waals surface area contributed by atoms with Gasteiger partial charge in [-0.05, 0) is 18.1 Å². The van der Waals surface area contributed by atoms with Gasteiger partial charge in [0.2, 0.25) is 0 Å². The van der Waals surface area contributed by atoms with Crippen LogP contribution in [-0.4, -0.2) is 33.1 Å². The minimum atomic E-state index is -2.80. The number of rotatable bonds is 3. The third-order valence-electron chi connectivity index (χ3n) is 3.52. The maximum Gasteiger partial charge on any atom is 0.151 e. The van der Waals surface area contributed by atoms with Crippen molar-refractivity contribution in [2.75, 3.05) is 30.0 Å². The standard InChI is InChI=1S/C13H17NO3S/c1-13(8-18(15,16)9-13)7-17-11-3-2-10-4-5-14-12(10)6-11/h2-3,6,14H,4-5,7-9H2,1H3. The Bertz CT molecular complexity index is 568. The van der Waals surface area contributed by atoms with Gasteiger partial charge in [-0.25, -0.2) is 8.42 Å². The minimum Gasteiger partial charge on any atom is -0.493 e. The molecule has 1 aromatic carbocycles. The lowest BCUT2D eigenvalue weighted by molar-refractivity contribution is 0.188. The average Bonchev–Trinajstić information content (AvgIpc) is 2.70. The number of nitrogens with one attached hydrogen (secondary N) is 1. The van der Waals surface area contributed by atoms with Crippen molar-refractivity contribution in [1.29, 1.82) is 0 Å². The number of fused-ring (bicyclic) bond motifs is 1. The fourth-order valence-electron chi connectivity index (χ4n) is 2.72. The third kappa shape index (κ3) is 2.19. The smallest absolute Gasteiger partial charge is 0.151 e. The molecule has 1 aromatic rings. The van der Waals surface area contributed by atoms with Crippen LogP contribution in [0.15, 0.2) is 18.2 Å². The molecule has 0 bridgehead atoms. The van der Waals surface area contributed by atoms with E-state index in [0.717, 1.165) is 24.4 Å². The van der Waals surface area contributed by atoms with E-state index in [9.17, 15) is 8.42 Å². The molecule has 18 heavy (non-hydrogen) atoms. The van der Waals surface area contributed by atoms with Gasteiger partial charge in [-0.2, -0.15) is 0 Å². The van der Waals surface area contributed by atoms with Crippen LogP contribution in [0.2, 0.25) is 0 Å². The molecule has 0 spiro atoms. The van der Waals surface area contributed by atoms with E-state index in [1.807, 2.05) is 19.1 Å². The summed E-state index contributed by atoms with van der Waals surface area (Å²) in [6.45, 7) is 3.40. The van der Waals surface area contributed by atoms with Crippen molar-refractivity contribution < 1.29 is 13.2 Å². The van der Waals surface area contributed by atoms with Gasteiger partial charge in [0.25, 0.3) is 0 Å². The molecule has 0 aliphatic carbocycles. The molecule has 2 aliphatic heterocycles. The number of anilines is 1. The normalized spacial score (nSPS) is 22.7. The largest absolute Gasteiger partial charge is 0.493 e. The van der Waals surface area contributed by atoms with Gasteiger partial charge in [-0.1, -0.05) is 13.0 Å². The zero-order valence-electron chi connectivity index (χ0n) is 10.4. The Balaban J connectivity index is 1.64. The number of ether oxygens (including phenoxy) is 1. The molecule has 0 radical (unpaired) electrons. The summed E-state index contributed by atoms with van der Waals surface area (Å²) in [5, 5.41) is 3.30. The highest BCUT2D eigenvalue weighted by atomic mass is 32.2. The molecule has 0 aromatic heterocycles. The third-order valence-corrected chi connectivity index (χ3v) is 5.79. The Morgan fingerprint density at radius 3 is 2.89 bits per heavy atom. The van der Waals surface area contributed by atoms with Gasteiger partial charge in [0.1, 0.15) is 5.75 Å². The molecule has 3 rings (SSSR count). The topological polar surface area (TPSA) is 55.4 Å². The highest BCUT2D eigenvalue weighted by molar-refractivity contribution is 7.92. The number of hydrogen-bond acceptors (Lipinski definition) is 4. The second-order valence-electron chi connectivity index (χ2n) is 5.63. The van der Waals surface area contributed by atoms with Crippen molar-refractivity contribution >= 4 is 15.5 Å². The summed E-state index contributed by atoms with van der Waals surface area (Å²) in [6, 6.07) is 6.03. The monoisotopic (exact) mass is 267 g/mol. The quantitative estimate of drug-likeness (QED) is 0.901. The molecule has 0 saturated carbocycles. The van der Waals surface area contributed by atoms with Crippen LogP contribution in [-0.2, 0) is 16.3 Å². The zero-order chi connectivity index (χ0) is 12.8. The van der Waals surface area contributed by atoms with Gasteiger partial charge < -0.3 is 10.1 Å². The lowest BCUT2D eigenvalue weighted by Crippen LogP contribution is -2.49. The lowest BCUT2D eigenvalue weighted by Gasteiger charge is -2.37. The van der Waals surface area contributed by atoms with Crippen LogP contribution in [0.1, 0.15) is 12.5 Å². The first-order valence-corrected chi connectivity index (χ1v) is 7.98. The van der Waals surface area contributed by atoms with Crippen LogP contribution < -0.4 is 10.1 Å². The summed E-state index contributed by atoms with van der Waals surface area (Å²) >= 11 is 0. The van der Waals surface area contributed by atoms with Gasteiger partial charge in [0.05, 0.1) is 18.1 Å². The molecule has 2 aliphatic rings. The summed E-state index contributed by atoms with van der Waals surface area (Å²) in [6.07, 6.45) is 1.06. The summed E-state index contributed by atoms with van der Waals surface area (Å²) in [5.41, 5.74) is 2.24. The molecule has 0 amide bonds. The maximum absolute atomic E-state index is 11.2. The van der Waals surface area contributed by atoms with Crippen molar-refractivity contribution in [2.45, 2.75) is 13.3 Å². The number of hydrogen-bond donors (Lipinski definition) is 1. The minimum absolute atomic E-state index is 0.217. The molecule has 0 atom stereocenters. The van der Waals surface area contributed by atoms with Crippen LogP contribution in [0.5, 0.6) is 5.75 Å². The van der Waals surface area contributed by atoms with Crippen molar-refractivity contribution in [1.82, 2.24) is 0 Å². The zero-order valence-corrected chi connectivity index (χ0v) is 11.2. The first-order chi connectivity index (χ1) is 8.46. The molecule has 1 saturated heterocycles. The summed E-state index contributed by atoms with van der Waals surface area (Å²) < 4.78 is 28.1. The first kappa shape index (κ1) is 11.8. The van der Waals surface area contributed by atoms with Gasteiger partial charge >= 0.3 is 0 Å². The van der Waals surface area contributed by atoms with Crippen LogP contribution in [0, 0.1) is 5.41 Å². The number of sulfone groups is 1. The summed E-state index contributed by atoms with van der Waals surface area (Å²) in [7, 11) is -2.80. The predicted octanol–water partition coefficient (Wildman–Crippen LogP) is 1.47. The van der Waals surface area contributed by atoms with E-state index in [1.54, 1.807) is 0 Å². The fraction of sp³-hybridized carbons (Fsp3) is 0.538. The van der Waals surface area contributed by atoms with Gasteiger partial charge in [0, 0.05) is 23.7 Å². The van der Waals surface area contributed by atoms with Gasteiger partial charge in [-0.15, -0.1) is 0 Å². The van der Waals surface area contributed by atoms with Crippen LogP contribution in [0.25, 0.3) is 0 Å². The highest BCUT2D eigenvalue weighted by Crippen LogP contribution is 2.34. The molecule has 1 N–H and O–H groups in total. The molecule has 2 heterocycles. The van der Waals surface area contributed by atoms with Crippen LogP contribution in [0.4, 0.5) is 5.69 Å². The van der Waals surface area contributed by atoms with E-state index in [1.165, 1.54) is 5.56 Å². The maximum atomic E-state index is 11.2. The Kier molecular flexibility index (Phi) is 2.55.